The second-order valence-corrected chi connectivity index (χ2v) is 4.81. The zero-order valence-electron chi connectivity index (χ0n) is 10.1. The molecule has 19 heavy (non-hydrogen) atoms. The van der Waals surface area contributed by atoms with E-state index in [1.54, 1.807) is 25.1 Å². The van der Waals surface area contributed by atoms with Crippen LogP contribution in [0.3, 0.4) is 0 Å². The number of carbonyl (C=O) groups excluding carboxylic acids is 1. The highest BCUT2D eigenvalue weighted by Gasteiger charge is 2.11. The average Bonchev–Trinajstić information content (AvgIpc) is 2.36. The third-order valence-corrected chi connectivity index (χ3v) is 3.16. The summed E-state index contributed by atoms with van der Waals surface area (Å²) in [4.78, 5) is 16.0. The summed E-state index contributed by atoms with van der Waals surface area (Å²) in [6.07, 6.45) is 1.48. The molecule has 1 amide bonds. The number of nitrogens with zero attached hydrogens (tertiary/aromatic N) is 1. The molecular weight excluding hydrogens is 285 g/mol. The summed E-state index contributed by atoms with van der Waals surface area (Å²) < 4.78 is 0. The lowest BCUT2D eigenvalue weighted by Gasteiger charge is -2.08. The van der Waals surface area contributed by atoms with E-state index < -0.39 is 0 Å². The van der Waals surface area contributed by atoms with Crippen LogP contribution in [-0.2, 0) is 0 Å². The molecule has 6 heteroatoms. The molecule has 0 atom stereocenters. The van der Waals surface area contributed by atoms with Gasteiger partial charge in [-0.25, -0.2) is 4.98 Å². The molecule has 0 aliphatic rings. The molecule has 0 aliphatic carbocycles. The molecule has 0 radical (unpaired) electrons. The minimum Gasteiger partial charge on any atom is -0.398 e. The van der Waals surface area contributed by atoms with Gasteiger partial charge in [-0.2, -0.15) is 0 Å². The lowest BCUT2D eigenvalue weighted by atomic mass is 10.1. The number of rotatable bonds is 2. The molecule has 98 valence electrons. The Bertz CT molecular complexity index is 644. The minimum absolute atomic E-state index is 0.320. The average molecular weight is 296 g/mol. The summed E-state index contributed by atoms with van der Waals surface area (Å²) in [5, 5.41) is 3.55. The quantitative estimate of drug-likeness (QED) is 0.658. The molecule has 1 aromatic carbocycles. The van der Waals surface area contributed by atoms with E-state index in [-0.39, 0.29) is 5.91 Å². The van der Waals surface area contributed by atoms with Crippen LogP contribution < -0.4 is 11.1 Å². The Morgan fingerprint density at radius 2 is 2.05 bits per heavy atom. The number of nitrogen functional groups attached to an aromatic ring is 1. The fourth-order valence-electron chi connectivity index (χ4n) is 1.55. The molecule has 0 bridgehead atoms. The zero-order valence-corrected chi connectivity index (χ0v) is 11.6. The number of benzene rings is 1. The predicted octanol–water partition coefficient (Wildman–Crippen LogP) is 3.53. The van der Waals surface area contributed by atoms with E-state index in [1.807, 2.05) is 0 Å². The van der Waals surface area contributed by atoms with Crippen molar-refractivity contribution in [2.24, 2.45) is 0 Å². The molecule has 4 nitrogen and oxygen atoms in total. The van der Waals surface area contributed by atoms with Gasteiger partial charge in [-0.15, -0.1) is 0 Å². The summed E-state index contributed by atoms with van der Waals surface area (Å²) in [6.45, 7) is 1.80. The highest BCUT2D eigenvalue weighted by molar-refractivity contribution is 6.31. The Balaban J connectivity index is 2.25. The van der Waals surface area contributed by atoms with Gasteiger partial charge in [0.15, 0.2) is 0 Å². The van der Waals surface area contributed by atoms with E-state index >= 15 is 0 Å². The van der Waals surface area contributed by atoms with Crippen LogP contribution in [-0.4, -0.2) is 10.9 Å². The maximum absolute atomic E-state index is 12.1. The Labute approximate surface area is 120 Å². The number of pyridine rings is 1. The van der Waals surface area contributed by atoms with Crippen molar-refractivity contribution < 1.29 is 4.79 Å². The second kappa shape index (κ2) is 5.47. The van der Waals surface area contributed by atoms with E-state index in [1.165, 1.54) is 12.3 Å². The van der Waals surface area contributed by atoms with Crippen molar-refractivity contribution in [3.05, 3.63) is 51.8 Å². The first-order chi connectivity index (χ1) is 8.97. The SMILES string of the molecule is Cc1cc(NC(=O)c2cc(Cl)ccc2N)cnc1Cl. The molecule has 1 heterocycles. The number of hydrogen-bond donors (Lipinski definition) is 2. The van der Waals surface area contributed by atoms with Crippen LogP contribution in [0.15, 0.2) is 30.5 Å². The third-order valence-electron chi connectivity index (χ3n) is 2.53. The monoisotopic (exact) mass is 295 g/mol. The summed E-state index contributed by atoms with van der Waals surface area (Å²) in [7, 11) is 0. The summed E-state index contributed by atoms with van der Waals surface area (Å²) in [5.74, 6) is -0.344. The van der Waals surface area contributed by atoms with Gasteiger partial charge in [-0.3, -0.25) is 4.79 Å². The first-order valence-electron chi connectivity index (χ1n) is 5.46. The van der Waals surface area contributed by atoms with Gasteiger partial charge >= 0.3 is 0 Å². The molecule has 0 aliphatic heterocycles. The number of anilines is 2. The Morgan fingerprint density at radius 1 is 1.32 bits per heavy atom. The second-order valence-electron chi connectivity index (χ2n) is 4.02. The van der Waals surface area contributed by atoms with Gasteiger partial charge < -0.3 is 11.1 Å². The van der Waals surface area contributed by atoms with Crippen molar-refractivity contribution >= 4 is 40.5 Å². The molecule has 1 aromatic heterocycles. The number of hydrogen-bond acceptors (Lipinski definition) is 3. The van der Waals surface area contributed by atoms with Gasteiger partial charge in [0.25, 0.3) is 5.91 Å². The van der Waals surface area contributed by atoms with Crippen LogP contribution in [0.5, 0.6) is 0 Å². The Morgan fingerprint density at radius 3 is 2.74 bits per heavy atom. The van der Waals surface area contributed by atoms with Crippen molar-refractivity contribution in [3.8, 4) is 0 Å². The smallest absolute Gasteiger partial charge is 0.257 e. The number of carbonyl (C=O) groups is 1. The fraction of sp³-hybridized carbons (Fsp3) is 0.0769. The maximum Gasteiger partial charge on any atom is 0.257 e. The summed E-state index contributed by atoms with van der Waals surface area (Å²) >= 11 is 11.7. The third kappa shape index (κ3) is 3.16. The maximum atomic E-state index is 12.1. The van der Waals surface area contributed by atoms with Gasteiger partial charge in [0.2, 0.25) is 0 Å². The Kier molecular flexibility index (Phi) is 3.93. The number of halogens is 2. The molecule has 0 fully saturated rings. The first kappa shape index (κ1) is 13.6. The van der Waals surface area contributed by atoms with E-state index in [0.717, 1.165) is 5.56 Å². The number of nitrogens with two attached hydrogens (primary N) is 1. The molecular formula is C13H11Cl2N3O. The molecule has 0 saturated carbocycles. The minimum atomic E-state index is -0.344. The zero-order chi connectivity index (χ0) is 14.0. The van der Waals surface area contributed by atoms with Crippen molar-refractivity contribution in [1.29, 1.82) is 0 Å². The normalized spacial score (nSPS) is 10.3. The first-order valence-corrected chi connectivity index (χ1v) is 6.21. The van der Waals surface area contributed by atoms with Crippen LogP contribution in [0.25, 0.3) is 0 Å². The van der Waals surface area contributed by atoms with E-state index in [2.05, 4.69) is 10.3 Å². The van der Waals surface area contributed by atoms with Gasteiger partial charge in [-0.1, -0.05) is 23.2 Å². The van der Waals surface area contributed by atoms with E-state index in [9.17, 15) is 4.79 Å². The van der Waals surface area contributed by atoms with Crippen molar-refractivity contribution in [1.82, 2.24) is 4.98 Å². The van der Waals surface area contributed by atoms with Crippen LogP contribution >= 0.6 is 23.2 Å². The fourth-order valence-corrected chi connectivity index (χ4v) is 1.83. The topological polar surface area (TPSA) is 68.0 Å². The van der Waals surface area contributed by atoms with Crippen molar-refractivity contribution in [2.45, 2.75) is 6.92 Å². The number of aryl methyl sites for hydroxylation is 1. The molecule has 2 aromatic rings. The predicted molar refractivity (Wildman–Crippen MR) is 77.8 cm³/mol. The van der Waals surface area contributed by atoms with Gasteiger partial charge in [-0.05, 0) is 36.8 Å². The number of nitrogens with one attached hydrogen (secondary N) is 1. The van der Waals surface area contributed by atoms with Gasteiger partial charge in [0.1, 0.15) is 5.15 Å². The highest BCUT2D eigenvalue weighted by Crippen LogP contribution is 2.21. The lowest BCUT2D eigenvalue weighted by molar-refractivity contribution is 0.102. The molecule has 2 rings (SSSR count). The van der Waals surface area contributed by atoms with E-state index in [0.29, 0.717) is 27.1 Å². The van der Waals surface area contributed by atoms with E-state index in [4.69, 9.17) is 28.9 Å². The number of aromatic nitrogens is 1. The molecule has 3 N–H and O–H groups in total. The molecule has 0 unspecified atom stereocenters. The highest BCUT2D eigenvalue weighted by atomic mass is 35.5. The van der Waals surface area contributed by atoms with Crippen LogP contribution in [0.4, 0.5) is 11.4 Å². The van der Waals surface area contributed by atoms with Gasteiger partial charge in [0.05, 0.1) is 17.4 Å². The summed E-state index contributed by atoms with van der Waals surface area (Å²) in [5.41, 5.74) is 7.75. The largest absolute Gasteiger partial charge is 0.398 e. The standard InChI is InChI=1S/C13H11Cl2N3O/c1-7-4-9(6-17-12(7)15)18-13(19)10-5-8(14)2-3-11(10)16/h2-6H,16H2,1H3,(H,18,19). The lowest BCUT2D eigenvalue weighted by Crippen LogP contribution is -2.14. The summed E-state index contributed by atoms with van der Waals surface area (Å²) in [6, 6.07) is 6.46. The van der Waals surface area contributed by atoms with Crippen LogP contribution in [0, 0.1) is 6.92 Å². The van der Waals surface area contributed by atoms with Crippen molar-refractivity contribution in [2.75, 3.05) is 11.1 Å². The van der Waals surface area contributed by atoms with Crippen molar-refractivity contribution in [3.63, 3.8) is 0 Å². The van der Waals surface area contributed by atoms with Crippen LogP contribution in [0.2, 0.25) is 10.2 Å². The Hall–Kier alpha value is -1.78. The molecule has 0 saturated heterocycles. The van der Waals surface area contributed by atoms with Crippen LogP contribution in [0.1, 0.15) is 15.9 Å². The van der Waals surface area contributed by atoms with Gasteiger partial charge in [0, 0.05) is 10.7 Å². The molecule has 0 spiro atoms. The number of amides is 1.